The van der Waals surface area contributed by atoms with Crippen molar-refractivity contribution in [2.24, 2.45) is 0 Å². The number of hydrogen-bond donors (Lipinski definition) is 1. The zero-order valence-corrected chi connectivity index (χ0v) is 14.6. The highest BCUT2D eigenvalue weighted by Gasteiger charge is 2.16. The number of thiophene rings is 1. The van der Waals surface area contributed by atoms with Gasteiger partial charge < -0.3 is 14.5 Å². The maximum Gasteiger partial charge on any atom is 0.192 e. The van der Waals surface area contributed by atoms with Crippen LogP contribution in [0.4, 0.5) is 0 Å². The van der Waals surface area contributed by atoms with Gasteiger partial charge in [0.2, 0.25) is 0 Å². The summed E-state index contributed by atoms with van der Waals surface area (Å²) in [5.74, 6) is 0.923. The van der Waals surface area contributed by atoms with E-state index in [1.165, 1.54) is 11.3 Å². The second-order valence-electron chi connectivity index (χ2n) is 5.94. The van der Waals surface area contributed by atoms with Gasteiger partial charge in [0.05, 0.1) is 11.4 Å². The molecule has 0 unspecified atom stereocenters. The van der Waals surface area contributed by atoms with Crippen molar-refractivity contribution in [2.75, 3.05) is 6.54 Å². The second-order valence-corrected chi connectivity index (χ2v) is 6.89. The van der Waals surface area contributed by atoms with Gasteiger partial charge in [-0.25, -0.2) is 0 Å². The van der Waals surface area contributed by atoms with Crippen molar-refractivity contribution in [3.63, 3.8) is 0 Å². The number of aromatic hydroxyl groups is 1. The summed E-state index contributed by atoms with van der Waals surface area (Å²) in [6.07, 6.45) is 6.52. The highest BCUT2D eigenvalue weighted by atomic mass is 32.1. The molecular formula is C20H16N2O3S. The first-order chi connectivity index (χ1) is 12.7. The Morgan fingerprint density at radius 2 is 2.19 bits per heavy atom. The molecule has 3 aromatic rings. The predicted molar refractivity (Wildman–Crippen MR) is 101 cm³/mol. The lowest BCUT2D eigenvalue weighted by Gasteiger charge is -2.19. The molecule has 0 spiro atoms. The third-order valence-electron chi connectivity index (χ3n) is 4.05. The monoisotopic (exact) mass is 364 g/mol. The number of allylic oxidation sites excluding steroid dienone is 2. The molecule has 26 heavy (non-hydrogen) atoms. The number of nitrogens with zero attached hydrogens (tertiary/aromatic N) is 2. The van der Waals surface area contributed by atoms with Crippen LogP contribution in [0.15, 0.2) is 70.8 Å². The molecule has 1 aromatic carbocycles. The molecule has 0 fully saturated rings. The summed E-state index contributed by atoms with van der Waals surface area (Å²) in [7, 11) is 0. The minimum absolute atomic E-state index is 0.0835. The van der Waals surface area contributed by atoms with Crippen molar-refractivity contribution in [2.45, 2.75) is 6.42 Å². The largest absolute Gasteiger partial charge is 0.508 e. The van der Waals surface area contributed by atoms with Gasteiger partial charge in [0.1, 0.15) is 11.4 Å². The van der Waals surface area contributed by atoms with Crippen molar-refractivity contribution in [1.29, 1.82) is 0 Å². The molecule has 0 aliphatic carbocycles. The molecule has 2 aromatic heterocycles. The van der Waals surface area contributed by atoms with Crippen LogP contribution in [0.25, 0.3) is 16.8 Å². The maximum absolute atomic E-state index is 12.3. The van der Waals surface area contributed by atoms with E-state index in [2.05, 4.69) is 5.16 Å². The van der Waals surface area contributed by atoms with Gasteiger partial charge in [0.15, 0.2) is 11.5 Å². The average molecular weight is 364 g/mol. The van der Waals surface area contributed by atoms with E-state index in [0.29, 0.717) is 17.9 Å². The molecule has 1 aliphatic heterocycles. The fourth-order valence-electron chi connectivity index (χ4n) is 2.78. The predicted octanol–water partition coefficient (Wildman–Crippen LogP) is 4.55. The Labute approximate surface area is 154 Å². The first-order valence-electron chi connectivity index (χ1n) is 8.15. The second kappa shape index (κ2) is 7.01. The van der Waals surface area contributed by atoms with Gasteiger partial charge >= 0.3 is 0 Å². The number of benzene rings is 1. The van der Waals surface area contributed by atoms with E-state index in [1.54, 1.807) is 18.2 Å². The van der Waals surface area contributed by atoms with Gasteiger partial charge in [0, 0.05) is 29.6 Å². The fourth-order valence-corrected chi connectivity index (χ4v) is 3.44. The lowest BCUT2D eigenvalue weighted by atomic mass is 10.1. The van der Waals surface area contributed by atoms with Gasteiger partial charge in [-0.15, -0.1) is 11.3 Å². The molecule has 1 N–H and O–H groups in total. The van der Waals surface area contributed by atoms with E-state index in [-0.39, 0.29) is 18.1 Å². The number of carbonyl (C=O) groups excluding carboxylic acids is 1. The van der Waals surface area contributed by atoms with Crippen LogP contribution in [-0.4, -0.2) is 27.5 Å². The third-order valence-corrected chi connectivity index (χ3v) is 4.96. The zero-order valence-electron chi connectivity index (χ0n) is 13.8. The van der Waals surface area contributed by atoms with Crippen LogP contribution >= 0.6 is 11.3 Å². The van der Waals surface area contributed by atoms with Crippen molar-refractivity contribution >= 4 is 22.7 Å². The lowest BCUT2D eigenvalue weighted by Crippen LogP contribution is -2.21. The molecule has 0 saturated carbocycles. The van der Waals surface area contributed by atoms with Gasteiger partial charge in [-0.3, -0.25) is 4.79 Å². The minimum Gasteiger partial charge on any atom is -0.508 e. The fraction of sp³-hybridized carbons (Fsp3) is 0.100. The summed E-state index contributed by atoms with van der Waals surface area (Å²) in [6.45, 7) is 0.286. The van der Waals surface area contributed by atoms with E-state index in [4.69, 9.17) is 4.52 Å². The van der Waals surface area contributed by atoms with Crippen molar-refractivity contribution in [3.8, 4) is 17.0 Å². The Morgan fingerprint density at radius 1 is 1.27 bits per heavy atom. The van der Waals surface area contributed by atoms with Crippen LogP contribution < -0.4 is 0 Å². The highest BCUT2D eigenvalue weighted by molar-refractivity contribution is 7.12. The molecule has 0 bridgehead atoms. The van der Waals surface area contributed by atoms with E-state index < -0.39 is 0 Å². The highest BCUT2D eigenvalue weighted by Crippen LogP contribution is 2.29. The number of phenols is 1. The summed E-state index contributed by atoms with van der Waals surface area (Å²) in [4.78, 5) is 14.9. The van der Waals surface area contributed by atoms with E-state index in [1.807, 2.05) is 53.0 Å². The zero-order chi connectivity index (χ0) is 17.9. The topological polar surface area (TPSA) is 66.6 Å². The minimum atomic E-state index is 0.0835. The molecular weight excluding hydrogens is 348 g/mol. The molecule has 0 saturated heterocycles. The molecule has 130 valence electrons. The SMILES string of the molecule is O=C(CN1C=CCC(c2cc(-c3cccc(O)c3)no2)=C1)c1cccs1. The summed E-state index contributed by atoms with van der Waals surface area (Å²) < 4.78 is 5.48. The molecule has 1 aliphatic rings. The Kier molecular flexibility index (Phi) is 4.41. The first-order valence-corrected chi connectivity index (χ1v) is 9.03. The number of carbonyl (C=O) groups is 1. The number of Topliss-reactive ketones (excluding diaryl/α,β-unsaturated/α-hetero) is 1. The Bertz CT molecular complexity index is 986. The standard InChI is InChI=1S/C20H16N2O3S/c23-16-6-1-4-14(10-16)17-11-19(25-21-17)15-5-2-8-22(12-15)13-18(24)20-7-3-9-26-20/h1-4,6-12,23H,5,13H2. The first kappa shape index (κ1) is 16.4. The molecule has 6 heteroatoms. The smallest absolute Gasteiger partial charge is 0.192 e. The van der Waals surface area contributed by atoms with Crippen LogP contribution in [-0.2, 0) is 0 Å². The molecule has 0 amide bonds. The van der Waals surface area contributed by atoms with Crippen LogP contribution in [0.1, 0.15) is 21.9 Å². The Balaban J connectivity index is 1.52. The van der Waals surface area contributed by atoms with Gasteiger partial charge in [0.25, 0.3) is 0 Å². The lowest BCUT2D eigenvalue weighted by molar-refractivity contribution is 0.0973. The van der Waals surface area contributed by atoms with Crippen LogP contribution in [0.5, 0.6) is 5.75 Å². The van der Waals surface area contributed by atoms with Crippen molar-refractivity contribution in [3.05, 3.63) is 77.0 Å². The van der Waals surface area contributed by atoms with Gasteiger partial charge in [-0.05, 0) is 30.0 Å². The molecule has 0 radical (unpaired) electrons. The van der Waals surface area contributed by atoms with E-state index in [9.17, 15) is 9.90 Å². The number of ketones is 1. The molecule has 0 atom stereocenters. The van der Waals surface area contributed by atoms with Gasteiger partial charge in [-0.1, -0.05) is 29.4 Å². The Hall–Kier alpha value is -3.12. The Morgan fingerprint density at radius 3 is 3.00 bits per heavy atom. The summed E-state index contributed by atoms with van der Waals surface area (Å²) >= 11 is 1.45. The van der Waals surface area contributed by atoms with Crippen LogP contribution in [0.3, 0.4) is 0 Å². The summed E-state index contributed by atoms with van der Waals surface area (Å²) in [6, 6.07) is 12.4. The molecule has 3 heterocycles. The molecule has 5 nitrogen and oxygen atoms in total. The number of aromatic nitrogens is 1. The maximum atomic E-state index is 12.3. The number of phenolic OH excluding ortho intramolecular Hbond substituents is 1. The number of rotatable bonds is 5. The summed E-state index contributed by atoms with van der Waals surface area (Å²) in [5, 5.41) is 15.6. The summed E-state index contributed by atoms with van der Waals surface area (Å²) in [5.41, 5.74) is 2.40. The van der Waals surface area contributed by atoms with Gasteiger partial charge in [-0.2, -0.15) is 0 Å². The third kappa shape index (κ3) is 3.45. The van der Waals surface area contributed by atoms with Crippen LogP contribution in [0, 0.1) is 0 Å². The van der Waals surface area contributed by atoms with Crippen LogP contribution in [0.2, 0.25) is 0 Å². The molecule has 4 rings (SSSR count). The normalized spacial score (nSPS) is 13.7. The van der Waals surface area contributed by atoms with Crippen molar-refractivity contribution in [1.82, 2.24) is 10.1 Å². The number of hydrogen-bond acceptors (Lipinski definition) is 6. The average Bonchev–Trinajstić information content (AvgIpc) is 3.34. The van der Waals surface area contributed by atoms with Crippen molar-refractivity contribution < 1.29 is 14.4 Å². The quantitative estimate of drug-likeness (QED) is 0.673. The van der Waals surface area contributed by atoms with E-state index in [0.717, 1.165) is 16.0 Å². The van der Waals surface area contributed by atoms with E-state index >= 15 is 0 Å².